The first kappa shape index (κ1) is 19.5. The summed E-state index contributed by atoms with van der Waals surface area (Å²) in [6.45, 7) is 3.87. The van der Waals surface area contributed by atoms with Gasteiger partial charge in [0.15, 0.2) is 0 Å². The molecule has 7 heteroatoms. The van der Waals surface area contributed by atoms with Crippen LogP contribution in [0, 0.1) is 5.82 Å². The molecule has 0 atom stereocenters. The van der Waals surface area contributed by atoms with Gasteiger partial charge in [0.25, 0.3) is 5.91 Å². The van der Waals surface area contributed by atoms with Gasteiger partial charge in [0.1, 0.15) is 10.1 Å². The zero-order valence-corrected chi connectivity index (χ0v) is 17.5. The van der Waals surface area contributed by atoms with Crippen molar-refractivity contribution >= 4 is 40.3 Å². The second-order valence-electron chi connectivity index (χ2n) is 6.87. The van der Waals surface area contributed by atoms with Gasteiger partial charge in [-0.3, -0.25) is 9.69 Å². The van der Waals surface area contributed by atoms with Crippen molar-refractivity contribution in [1.82, 2.24) is 14.7 Å². The molecule has 1 saturated heterocycles. The van der Waals surface area contributed by atoms with Gasteiger partial charge in [-0.15, -0.1) is 0 Å². The zero-order chi connectivity index (χ0) is 20.5. The average molecular weight is 424 g/mol. The maximum atomic E-state index is 13.4. The van der Waals surface area contributed by atoms with Gasteiger partial charge in [-0.25, -0.2) is 9.07 Å². The predicted octanol–water partition coefficient (Wildman–Crippen LogP) is 5.29. The van der Waals surface area contributed by atoms with E-state index in [1.165, 1.54) is 23.9 Å². The number of hydrogen-bond acceptors (Lipinski definition) is 4. The summed E-state index contributed by atoms with van der Waals surface area (Å²) in [7, 11) is 0. The summed E-state index contributed by atoms with van der Waals surface area (Å²) < 4.78 is 15.7. The molecule has 2 aromatic carbocycles. The standard InChI is InChI=1S/C22H18FN3OS2/c1-14(2)26-21(27)19(29-22(26)28)12-16-13-25(18-6-4-3-5-7-18)24-20(16)15-8-10-17(23)11-9-15/h3-14H,1-2H3. The van der Waals surface area contributed by atoms with Crippen molar-refractivity contribution in [3.05, 3.63) is 77.1 Å². The maximum Gasteiger partial charge on any atom is 0.266 e. The number of para-hydroxylation sites is 1. The Hall–Kier alpha value is -2.77. The van der Waals surface area contributed by atoms with Crippen LogP contribution in [-0.2, 0) is 4.79 Å². The molecule has 1 aliphatic rings. The lowest BCUT2D eigenvalue weighted by molar-refractivity contribution is -0.123. The molecule has 0 bridgehead atoms. The van der Waals surface area contributed by atoms with E-state index in [9.17, 15) is 9.18 Å². The van der Waals surface area contributed by atoms with Gasteiger partial charge >= 0.3 is 0 Å². The quantitative estimate of drug-likeness (QED) is 0.422. The summed E-state index contributed by atoms with van der Waals surface area (Å²) in [6.07, 6.45) is 3.68. The van der Waals surface area contributed by atoms with E-state index >= 15 is 0 Å². The molecule has 0 radical (unpaired) electrons. The number of hydrogen-bond donors (Lipinski definition) is 0. The number of halogens is 1. The highest BCUT2D eigenvalue weighted by molar-refractivity contribution is 8.26. The van der Waals surface area contributed by atoms with Gasteiger partial charge in [-0.1, -0.05) is 42.2 Å². The van der Waals surface area contributed by atoms with E-state index in [-0.39, 0.29) is 17.8 Å². The highest BCUT2D eigenvalue weighted by Gasteiger charge is 2.34. The number of nitrogens with zero attached hydrogens (tertiary/aromatic N) is 3. The predicted molar refractivity (Wildman–Crippen MR) is 119 cm³/mol. The van der Waals surface area contributed by atoms with Crippen molar-refractivity contribution in [1.29, 1.82) is 0 Å². The number of amides is 1. The minimum Gasteiger partial charge on any atom is -0.290 e. The van der Waals surface area contributed by atoms with Crippen LogP contribution >= 0.6 is 24.0 Å². The number of carbonyl (C=O) groups excluding carboxylic acids is 1. The lowest BCUT2D eigenvalue weighted by Crippen LogP contribution is -2.34. The minimum absolute atomic E-state index is 0.00277. The molecular weight excluding hydrogens is 405 g/mol. The van der Waals surface area contributed by atoms with Crippen LogP contribution in [0.2, 0.25) is 0 Å². The number of aromatic nitrogens is 2. The largest absolute Gasteiger partial charge is 0.290 e. The van der Waals surface area contributed by atoms with Gasteiger partial charge < -0.3 is 0 Å². The molecule has 2 heterocycles. The molecular formula is C22H18FN3OS2. The van der Waals surface area contributed by atoms with Crippen molar-refractivity contribution in [2.45, 2.75) is 19.9 Å². The second-order valence-corrected chi connectivity index (χ2v) is 8.54. The van der Waals surface area contributed by atoms with Crippen molar-refractivity contribution < 1.29 is 9.18 Å². The molecule has 1 aromatic heterocycles. The molecule has 146 valence electrons. The van der Waals surface area contributed by atoms with E-state index in [2.05, 4.69) is 0 Å². The molecule has 29 heavy (non-hydrogen) atoms. The SMILES string of the molecule is CC(C)N1C(=O)C(=Cc2cn(-c3ccccc3)nc2-c2ccc(F)cc2)SC1=S. The van der Waals surface area contributed by atoms with Gasteiger partial charge in [-0.2, -0.15) is 5.10 Å². The molecule has 4 rings (SSSR count). The molecule has 0 N–H and O–H groups in total. The summed E-state index contributed by atoms with van der Waals surface area (Å²) >= 11 is 6.66. The maximum absolute atomic E-state index is 13.4. The van der Waals surface area contributed by atoms with E-state index < -0.39 is 0 Å². The van der Waals surface area contributed by atoms with Crippen LogP contribution in [-0.4, -0.2) is 30.9 Å². The van der Waals surface area contributed by atoms with E-state index in [0.717, 1.165) is 16.8 Å². The summed E-state index contributed by atoms with van der Waals surface area (Å²) in [5.41, 5.74) is 3.10. The smallest absolute Gasteiger partial charge is 0.266 e. The molecule has 1 aliphatic heterocycles. The topological polar surface area (TPSA) is 38.1 Å². The fraction of sp³-hybridized carbons (Fsp3) is 0.136. The van der Waals surface area contributed by atoms with Crippen LogP contribution in [0.5, 0.6) is 0 Å². The minimum atomic E-state index is -0.310. The van der Waals surface area contributed by atoms with Crippen LogP contribution in [0.3, 0.4) is 0 Å². The Morgan fingerprint density at radius 3 is 2.41 bits per heavy atom. The van der Waals surface area contributed by atoms with Crippen molar-refractivity contribution in [2.75, 3.05) is 0 Å². The Bertz CT molecular complexity index is 1100. The first-order chi connectivity index (χ1) is 13.9. The summed E-state index contributed by atoms with van der Waals surface area (Å²) in [5, 5.41) is 4.70. The molecule has 1 amide bonds. The van der Waals surface area contributed by atoms with Crippen LogP contribution in [0.4, 0.5) is 4.39 Å². The molecule has 0 aliphatic carbocycles. The first-order valence-electron chi connectivity index (χ1n) is 9.12. The fourth-order valence-corrected chi connectivity index (χ4v) is 4.62. The highest BCUT2D eigenvalue weighted by Crippen LogP contribution is 2.35. The third-order valence-corrected chi connectivity index (χ3v) is 5.84. The monoisotopic (exact) mass is 423 g/mol. The third-order valence-electron chi connectivity index (χ3n) is 4.51. The molecule has 0 unspecified atom stereocenters. The number of rotatable bonds is 4. The first-order valence-corrected chi connectivity index (χ1v) is 10.3. The average Bonchev–Trinajstić information content (AvgIpc) is 3.24. The lowest BCUT2D eigenvalue weighted by Gasteiger charge is -2.18. The van der Waals surface area contributed by atoms with Crippen LogP contribution < -0.4 is 0 Å². The van der Waals surface area contributed by atoms with Gasteiger partial charge in [0, 0.05) is 23.4 Å². The molecule has 0 spiro atoms. The van der Waals surface area contributed by atoms with E-state index in [1.807, 2.05) is 56.5 Å². The molecule has 4 nitrogen and oxygen atoms in total. The Morgan fingerprint density at radius 1 is 1.10 bits per heavy atom. The second kappa shape index (κ2) is 7.93. The van der Waals surface area contributed by atoms with Crippen LogP contribution in [0.1, 0.15) is 19.4 Å². The van der Waals surface area contributed by atoms with Crippen LogP contribution in [0.15, 0.2) is 65.7 Å². The third kappa shape index (κ3) is 3.88. The van der Waals surface area contributed by atoms with Crippen molar-refractivity contribution in [3.8, 4) is 16.9 Å². The van der Waals surface area contributed by atoms with Crippen molar-refractivity contribution in [2.24, 2.45) is 0 Å². The van der Waals surface area contributed by atoms with E-state index in [0.29, 0.717) is 14.9 Å². The molecule has 1 fully saturated rings. The van der Waals surface area contributed by atoms with E-state index in [4.69, 9.17) is 17.3 Å². The normalized spacial score (nSPS) is 15.7. The summed E-state index contributed by atoms with van der Waals surface area (Å²) in [4.78, 5) is 15.0. The number of benzene rings is 2. The van der Waals surface area contributed by atoms with Gasteiger partial charge in [0.05, 0.1) is 16.3 Å². The Morgan fingerprint density at radius 2 is 1.79 bits per heavy atom. The Labute approximate surface area is 178 Å². The zero-order valence-electron chi connectivity index (χ0n) is 15.9. The van der Waals surface area contributed by atoms with Crippen LogP contribution in [0.25, 0.3) is 23.0 Å². The van der Waals surface area contributed by atoms with Crippen molar-refractivity contribution in [3.63, 3.8) is 0 Å². The Balaban J connectivity index is 1.82. The Kier molecular flexibility index (Phi) is 5.34. The fourth-order valence-electron chi connectivity index (χ4n) is 3.10. The highest BCUT2D eigenvalue weighted by atomic mass is 32.2. The lowest BCUT2D eigenvalue weighted by atomic mass is 10.1. The number of carbonyl (C=O) groups is 1. The number of thiocarbonyl (C=S) groups is 1. The molecule has 0 saturated carbocycles. The van der Waals surface area contributed by atoms with Gasteiger partial charge in [-0.05, 0) is 56.3 Å². The van der Waals surface area contributed by atoms with E-state index in [1.54, 1.807) is 21.7 Å². The summed E-state index contributed by atoms with van der Waals surface area (Å²) in [6, 6.07) is 15.9. The van der Waals surface area contributed by atoms with Gasteiger partial charge in [0.2, 0.25) is 0 Å². The molecule has 3 aromatic rings. The summed E-state index contributed by atoms with van der Waals surface area (Å²) in [5.74, 6) is -0.414. The number of thioether (sulfide) groups is 1.